The molecule has 23 heavy (non-hydrogen) atoms. The predicted molar refractivity (Wildman–Crippen MR) is 82.4 cm³/mol. The zero-order valence-electron chi connectivity index (χ0n) is 12.1. The van der Waals surface area contributed by atoms with Gasteiger partial charge in [-0.1, -0.05) is 23.7 Å². The zero-order chi connectivity index (χ0) is 16.4. The molecule has 0 bridgehead atoms. The minimum atomic E-state index is -1.10. The Hall–Kier alpha value is -2.31. The molecular weight excluding hydrogens is 322 g/mol. The molecule has 1 aliphatic rings. The predicted octanol–water partition coefficient (Wildman–Crippen LogP) is 2.53. The third kappa shape index (κ3) is 3.09. The van der Waals surface area contributed by atoms with E-state index in [4.69, 9.17) is 20.8 Å². The molecule has 0 saturated carbocycles. The van der Waals surface area contributed by atoms with Gasteiger partial charge in [0.05, 0.1) is 18.2 Å². The van der Waals surface area contributed by atoms with Crippen molar-refractivity contribution in [2.24, 2.45) is 0 Å². The molecule has 2 heterocycles. The Balaban J connectivity index is 1.86. The van der Waals surface area contributed by atoms with E-state index < -0.39 is 17.9 Å². The molecule has 0 unspecified atom stereocenters. The molecule has 1 aromatic carbocycles. The number of benzene rings is 1. The van der Waals surface area contributed by atoms with Crippen molar-refractivity contribution in [3.63, 3.8) is 0 Å². The van der Waals surface area contributed by atoms with E-state index in [0.717, 1.165) is 0 Å². The van der Waals surface area contributed by atoms with Crippen LogP contribution in [0.15, 0.2) is 40.8 Å². The van der Waals surface area contributed by atoms with Crippen molar-refractivity contribution >= 4 is 23.5 Å². The second-order valence-electron chi connectivity index (χ2n) is 5.07. The van der Waals surface area contributed by atoms with Crippen LogP contribution in [0.3, 0.4) is 0 Å². The summed E-state index contributed by atoms with van der Waals surface area (Å²) in [5.74, 6) is -1.04. The van der Waals surface area contributed by atoms with Crippen LogP contribution in [0, 0.1) is 0 Å². The van der Waals surface area contributed by atoms with Crippen LogP contribution in [0.25, 0.3) is 11.3 Å². The number of ether oxygens (including phenoxy) is 1. The average Bonchev–Trinajstić information content (AvgIpc) is 3.04. The van der Waals surface area contributed by atoms with Crippen molar-refractivity contribution in [2.75, 3.05) is 19.8 Å². The molecule has 1 aromatic heterocycles. The average molecular weight is 336 g/mol. The van der Waals surface area contributed by atoms with Crippen molar-refractivity contribution < 1.29 is 23.8 Å². The first kappa shape index (κ1) is 15.6. The molecule has 2 aromatic rings. The zero-order valence-corrected chi connectivity index (χ0v) is 12.8. The van der Waals surface area contributed by atoms with Crippen molar-refractivity contribution in [3.05, 3.63) is 47.2 Å². The molecule has 1 fully saturated rings. The van der Waals surface area contributed by atoms with Gasteiger partial charge in [-0.2, -0.15) is 0 Å². The number of carbonyl (C=O) groups excluding carboxylic acids is 1. The molecule has 1 aliphatic heterocycles. The first-order chi connectivity index (χ1) is 11.1. The Morgan fingerprint density at radius 3 is 2.74 bits per heavy atom. The van der Waals surface area contributed by atoms with Crippen LogP contribution in [-0.4, -0.2) is 47.7 Å². The number of carbonyl (C=O) groups is 2. The number of halogens is 1. The molecule has 0 radical (unpaired) electrons. The monoisotopic (exact) mass is 335 g/mol. The van der Waals surface area contributed by atoms with Gasteiger partial charge in [0.1, 0.15) is 5.76 Å². The van der Waals surface area contributed by atoms with Gasteiger partial charge in [0.2, 0.25) is 0 Å². The highest BCUT2D eigenvalue weighted by molar-refractivity contribution is 6.33. The van der Waals surface area contributed by atoms with Gasteiger partial charge in [0.25, 0.3) is 5.91 Å². The van der Waals surface area contributed by atoms with Crippen molar-refractivity contribution in [1.82, 2.24) is 4.90 Å². The van der Waals surface area contributed by atoms with Crippen molar-refractivity contribution in [2.45, 2.75) is 6.04 Å². The molecule has 0 spiro atoms. The lowest BCUT2D eigenvalue weighted by molar-refractivity contribution is -0.147. The van der Waals surface area contributed by atoms with E-state index in [1.54, 1.807) is 24.3 Å². The lowest BCUT2D eigenvalue weighted by Gasteiger charge is -2.32. The quantitative estimate of drug-likeness (QED) is 0.932. The van der Waals surface area contributed by atoms with Crippen LogP contribution in [0.4, 0.5) is 0 Å². The maximum Gasteiger partial charge on any atom is 0.328 e. The highest BCUT2D eigenvalue weighted by atomic mass is 35.5. The van der Waals surface area contributed by atoms with E-state index in [1.807, 2.05) is 6.07 Å². The molecule has 120 valence electrons. The molecule has 1 atom stereocenters. The summed E-state index contributed by atoms with van der Waals surface area (Å²) in [6.07, 6.45) is 0. The normalized spacial score (nSPS) is 18.0. The van der Waals surface area contributed by atoms with Gasteiger partial charge in [-0.05, 0) is 24.3 Å². The van der Waals surface area contributed by atoms with E-state index in [-0.39, 0.29) is 18.9 Å². The molecule has 1 saturated heterocycles. The number of hydrogen-bond acceptors (Lipinski definition) is 4. The van der Waals surface area contributed by atoms with Crippen LogP contribution in [0.1, 0.15) is 10.6 Å². The lowest BCUT2D eigenvalue weighted by atomic mass is 10.2. The summed E-state index contributed by atoms with van der Waals surface area (Å²) in [4.78, 5) is 25.0. The van der Waals surface area contributed by atoms with E-state index in [1.165, 1.54) is 11.0 Å². The Morgan fingerprint density at radius 2 is 2.00 bits per heavy atom. The molecule has 1 amide bonds. The maximum absolute atomic E-state index is 12.5. The van der Waals surface area contributed by atoms with E-state index >= 15 is 0 Å². The Bertz CT molecular complexity index is 742. The first-order valence-corrected chi connectivity index (χ1v) is 7.42. The first-order valence-electron chi connectivity index (χ1n) is 7.04. The number of hydrogen-bond donors (Lipinski definition) is 1. The number of carboxylic acid groups (broad SMARTS) is 1. The minimum absolute atomic E-state index is 0.0286. The standard InChI is InChI=1S/C16H14ClNO5/c17-11-4-2-1-3-10(11)13-5-6-14(23-13)15(19)18-7-8-22-9-12(18)16(20)21/h1-6,12H,7-9H2,(H,20,21)/t12-/m1/s1. The maximum atomic E-state index is 12.5. The van der Waals surface area contributed by atoms with Gasteiger partial charge in [0.15, 0.2) is 11.8 Å². The number of aliphatic carboxylic acids is 1. The second kappa shape index (κ2) is 6.44. The molecule has 7 heteroatoms. The smallest absolute Gasteiger partial charge is 0.328 e. The summed E-state index contributed by atoms with van der Waals surface area (Å²) in [6, 6.07) is 9.28. The summed E-state index contributed by atoms with van der Waals surface area (Å²) >= 11 is 6.11. The Kier molecular flexibility index (Phi) is 4.36. The summed E-state index contributed by atoms with van der Waals surface area (Å²) in [7, 11) is 0. The van der Waals surface area contributed by atoms with Crippen LogP contribution >= 0.6 is 11.6 Å². The molecule has 3 rings (SSSR count). The van der Waals surface area contributed by atoms with Gasteiger partial charge in [-0.15, -0.1) is 0 Å². The second-order valence-corrected chi connectivity index (χ2v) is 5.48. The van der Waals surface area contributed by atoms with Crippen LogP contribution in [-0.2, 0) is 9.53 Å². The lowest BCUT2D eigenvalue weighted by Crippen LogP contribution is -2.52. The van der Waals surface area contributed by atoms with Crippen LogP contribution in [0.5, 0.6) is 0 Å². The Labute approximate surface area is 137 Å². The van der Waals surface area contributed by atoms with E-state index in [2.05, 4.69) is 0 Å². The summed E-state index contributed by atoms with van der Waals surface area (Å²) < 4.78 is 10.7. The van der Waals surface area contributed by atoms with Gasteiger partial charge < -0.3 is 19.2 Å². The van der Waals surface area contributed by atoms with Crippen molar-refractivity contribution in [3.8, 4) is 11.3 Å². The fourth-order valence-electron chi connectivity index (χ4n) is 2.45. The highest BCUT2D eigenvalue weighted by Gasteiger charge is 2.34. The van der Waals surface area contributed by atoms with Crippen LogP contribution < -0.4 is 0 Å². The molecular formula is C16H14ClNO5. The summed E-state index contributed by atoms with van der Waals surface area (Å²) in [6.45, 7) is 0.477. The Morgan fingerprint density at radius 1 is 1.22 bits per heavy atom. The number of furan rings is 1. The number of rotatable bonds is 3. The van der Waals surface area contributed by atoms with Gasteiger partial charge >= 0.3 is 5.97 Å². The topological polar surface area (TPSA) is 80.0 Å². The van der Waals surface area contributed by atoms with Gasteiger partial charge in [-0.25, -0.2) is 4.79 Å². The fraction of sp³-hybridized carbons (Fsp3) is 0.250. The number of carboxylic acids is 1. The number of morpholine rings is 1. The molecule has 0 aliphatic carbocycles. The number of amides is 1. The van der Waals surface area contributed by atoms with Crippen LogP contribution in [0.2, 0.25) is 5.02 Å². The highest BCUT2D eigenvalue weighted by Crippen LogP contribution is 2.29. The van der Waals surface area contributed by atoms with E-state index in [0.29, 0.717) is 23.0 Å². The summed E-state index contributed by atoms with van der Waals surface area (Å²) in [5.41, 5.74) is 0.671. The SMILES string of the molecule is O=C(O)[C@H]1COCCN1C(=O)c1ccc(-c2ccccc2Cl)o1. The van der Waals surface area contributed by atoms with Crippen molar-refractivity contribution in [1.29, 1.82) is 0 Å². The third-order valence-electron chi connectivity index (χ3n) is 3.63. The van der Waals surface area contributed by atoms with Gasteiger partial charge in [0, 0.05) is 12.1 Å². The summed E-state index contributed by atoms with van der Waals surface area (Å²) in [5, 5.41) is 9.71. The molecule has 1 N–H and O–H groups in total. The largest absolute Gasteiger partial charge is 0.480 e. The van der Waals surface area contributed by atoms with E-state index in [9.17, 15) is 14.7 Å². The minimum Gasteiger partial charge on any atom is -0.480 e. The third-order valence-corrected chi connectivity index (χ3v) is 3.96. The fourth-order valence-corrected chi connectivity index (χ4v) is 2.68. The molecule has 6 nitrogen and oxygen atoms in total. The number of nitrogens with zero attached hydrogens (tertiary/aromatic N) is 1. The van der Waals surface area contributed by atoms with Gasteiger partial charge in [-0.3, -0.25) is 4.79 Å².